The summed E-state index contributed by atoms with van der Waals surface area (Å²) in [6.07, 6.45) is 2.26. The van der Waals surface area contributed by atoms with Gasteiger partial charge in [-0.15, -0.1) is 0 Å². The predicted octanol–water partition coefficient (Wildman–Crippen LogP) is 2.18. The molecule has 0 spiro atoms. The minimum Gasteiger partial charge on any atom is -1.00 e. The first-order valence-electron chi connectivity index (χ1n) is 6.91. The van der Waals surface area contributed by atoms with E-state index in [1.165, 1.54) is 16.7 Å². The lowest BCUT2D eigenvalue weighted by Gasteiger charge is -2.32. The van der Waals surface area contributed by atoms with Crippen molar-refractivity contribution in [3.63, 3.8) is 0 Å². The Kier molecular flexibility index (Phi) is 5.56. The number of hydrogen-bond donors (Lipinski definition) is 1. The highest BCUT2D eigenvalue weighted by Gasteiger charge is 2.27. The third-order valence-corrected chi connectivity index (χ3v) is 4.92. The Morgan fingerprint density at radius 2 is 1.67 bits per heavy atom. The molecule has 1 aliphatic carbocycles. The molecule has 1 nitrogen and oxygen atoms in total. The van der Waals surface area contributed by atoms with E-state index < -0.39 is 0 Å². The highest BCUT2D eigenvalue weighted by atomic mass is 35.5. The van der Waals surface area contributed by atoms with Crippen molar-refractivity contribution in [3.05, 3.63) is 69.2 Å². The van der Waals surface area contributed by atoms with Crippen LogP contribution in [0.1, 0.15) is 41.5 Å². The molecule has 2 aromatic rings. The summed E-state index contributed by atoms with van der Waals surface area (Å²) in [5, 5.41) is 4.66. The normalized spacial score (nSPS) is 20.5. The number of benzene rings is 2. The van der Waals surface area contributed by atoms with Crippen LogP contribution in [0.5, 0.6) is 0 Å². The quantitative estimate of drug-likeness (QED) is 0.883. The van der Waals surface area contributed by atoms with Crippen LogP contribution < -0.4 is 17.7 Å². The predicted molar refractivity (Wildman–Crippen MR) is 85.8 cm³/mol. The second kappa shape index (κ2) is 7.02. The van der Waals surface area contributed by atoms with Crippen LogP contribution in [0.2, 0.25) is 10.0 Å². The molecule has 0 heterocycles. The maximum Gasteiger partial charge on any atom is 0.0595 e. The highest BCUT2D eigenvalue weighted by molar-refractivity contribution is 6.42. The molecule has 0 aliphatic heterocycles. The van der Waals surface area contributed by atoms with Crippen LogP contribution in [-0.2, 0) is 0 Å². The molecule has 0 bridgehead atoms. The molecular formula is C17H17Cl3N-. The van der Waals surface area contributed by atoms with Gasteiger partial charge in [-0.25, -0.2) is 0 Å². The van der Waals surface area contributed by atoms with Crippen LogP contribution in [0.25, 0.3) is 0 Å². The fourth-order valence-electron chi connectivity index (χ4n) is 3.17. The molecule has 2 atom stereocenters. The monoisotopic (exact) mass is 340 g/mol. The molecule has 0 saturated carbocycles. The Morgan fingerprint density at radius 3 is 2.33 bits per heavy atom. The van der Waals surface area contributed by atoms with Crippen molar-refractivity contribution in [2.45, 2.75) is 24.8 Å². The average molecular weight is 342 g/mol. The molecule has 1 aliphatic rings. The molecule has 0 amide bonds. The van der Waals surface area contributed by atoms with Crippen LogP contribution in [0.4, 0.5) is 0 Å². The third-order valence-electron chi connectivity index (χ3n) is 4.19. The summed E-state index contributed by atoms with van der Waals surface area (Å²) in [4.78, 5) is 0. The van der Waals surface area contributed by atoms with Crippen molar-refractivity contribution < 1.29 is 12.4 Å². The van der Waals surface area contributed by atoms with E-state index in [2.05, 4.69) is 35.6 Å². The van der Waals surface area contributed by atoms with Gasteiger partial charge in [-0.3, -0.25) is 0 Å². The van der Waals surface area contributed by atoms with Gasteiger partial charge in [0.15, 0.2) is 0 Å². The molecular weight excluding hydrogens is 325 g/mol. The summed E-state index contributed by atoms with van der Waals surface area (Å²) in [5.74, 6) is 0.408. The van der Waals surface area contributed by atoms with Crippen molar-refractivity contribution in [1.82, 2.24) is 5.32 Å². The van der Waals surface area contributed by atoms with Crippen molar-refractivity contribution in [1.29, 1.82) is 0 Å². The molecule has 4 heteroatoms. The number of halogens is 3. The van der Waals surface area contributed by atoms with E-state index >= 15 is 0 Å². The van der Waals surface area contributed by atoms with E-state index in [9.17, 15) is 0 Å². The van der Waals surface area contributed by atoms with Crippen molar-refractivity contribution in [2.75, 3.05) is 7.05 Å². The third kappa shape index (κ3) is 3.22. The van der Waals surface area contributed by atoms with E-state index in [0.717, 1.165) is 12.8 Å². The number of fused-ring (bicyclic) bond motifs is 1. The second-order valence-corrected chi connectivity index (χ2v) is 6.09. The maximum absolute atomic E-state index is 6.17. The molecule has 0 radical (unpaired) electrons. The molecule has 2 aromatic carbocycles. The average Bonchev–Trinajstić information content (AvgIpc) is 2.49. The van der Waals surface area contributed by atoms with Crippen LogP contribution in [0.15, 0.2) is 42.5 Å². The first-order valence-corrected chi connectivity index (χ1v) is 7.67. The maximum atomic E-state index is 6.17. The Balaban J connectivity index is 0.00000161. The van der Waals surface area contributed by atoms with Crippen LogP contribution in [0, 0.1) is 0 Å². The van der Waals surface area contributed by atoms with Crippen LogP contribution >= 0.6 is 23.2 Å². The number of hydrogen-bond acceptors (Lipinski definition) is 1. The minimum absolute atomic E-state index is 0. The zero-order valence-corrected chi connectivity index (χ0v) is 14.0. The summed E-state index contributed by atoms with van der Waals surface area (Å²) in [6, 6.07) is 15.1. The standard InChI is InChI=1S/C17H17Cl2N.ClH/c1-20-17-9-7-12(13-4-2-3-5-14(13)17)11-6-8-15(18)16(19)10-11;/h2-6,8,10,12,17,20H,7,9H2,1H3;1H/p-1/t12-,17-;/m0./s1. The lowest BCUT2D eigenvalue weighted by Crippen LogP contribution is -3.00. The fourth-order valence-corrected chi connectivity index (χ4v) is 3.47. The van der Waals surface area contributed by atoms with Gasteiger partial charge in [0.2, 0.25) is 0 Å². The summed E-state index contributed by atoms with van der Waals surface area (Å²) in [6.45, 7) is 0. The summed E-state index contributed by atoms with van der Waals surface area (Å²) in [7, 11) is 2.03. The molecule has 0 unspecified atom stereocenters. The number of nitrogens with one attached hydrogen (secondary N) is 1. The summed E-state index contributed by atoms with van der Waals surface area (Å²) in [5.41, 5.74) is 4.05. The Morgan fingerprint density at radius 1 is 0.952 bits per heavy atom. The Labute approximate surface area is 142 Å². The van der Waals surface area contributed by atoms with Gasteiger partial charge in [0.1, 0.15) is 0 Å². The summed E-state index contributed by atoms with van der Waals surface area (Å²) < 4.78 is 0. The van der Waals surface area contributed by atoms with Crippen molar-refractivity contribution in [3.8, 4) is 0 Å². The zero-order chi connectivity index (χ0) is 14.1. The summed E-state index contributed by atoms with van der Waals surface area (Å²) >= 11 is 12.2. The van der Waals surface area contributed by atoms with E-state index in [-0.39, 0.29) is 12.4 Å². The molecule has 1 N–H and O–H groups in total. The lowest BCUT2D eigenvalue weighted by molar-refractivity contribution is -0.00000384. The molecule has 0 fully saturated rings. The molecule has 0 aromatic heterocycles. The van der Waals surface area contributed by atoms with Crippen LogP contribution in [-0.4, -0.2) is 7.05 Å². The minimum atomic E-state index is 0. The van der Waals surface area contributed by atoms with Gasteiger partial charge in [-0.2, -0.15) is 0 Å². The fraction of sp³-hybridized carbons (Fsp3) is 0.294. The smallest absolute Gasteiger partial charge is 0.0595 e. The Bertz CT molecular complexity index is 627. The van der Waals surface area contributed by atoms with Gasteiger partial charge < -0.3 is 17.7 Å². The molecule has 112 valence electrons. The van der Waals surface area contributed by atoms with Gasteiger partial charge in [0, 0.05) is 12.0 Å². The van der Waals surface area contributed by atoms with Gasteiger partial charge >= 0.3 is 0 Å². The highest BCUT2D eigenvalue weighted by Crippen LogP contribution is 2.42. The largest absolute Gasteiger partial charge is 1.00 e. The first-order chi connectivity index (χ1) is 9.70. The molecule has 0 saturated heterocycles. The molecule has 3 rings (SSSR count). The topological polar surface area (TPSA) is 12.0 Å². The van der Waals surface area contributed by atoms with E-state index in [0.29, 0.717) is 22.0 Å². The van der Waals surface area contributed by atoms with Gasteiger partial charge in [0.25, 0.3) is 0 Å². The zero-order valence-electron chi connectivity index (χ0n) is 11.7. The van der Waals surface area contributed by atoms with E-state index in [1.54, 1.807) is 0 Å². The first kappa shape index (κ1) is 16.6. The van der Waals surface area contributed by atoms with Gasteiger partial charge in [-0.05, 0) is 48.7 Å². The number of rotatable bonds is 2. The van der Waals surface area contributed by atoms with Crippen molar-refractivity contribution in [2.24, 2.45) is 0 Å². The van der Waals surface area contributed by atoms with Gasteiger partial charge in [-0.1, -0.05) is 53.5 Å². The Hall–Kier alpha value is -0.730. The second-order valence-electron chi connectivity index (χ2n) is 5.27. The van der Waals surface area contributed by atoms with Crippen molar-refractivity contribution >= 4 is 23.2 Å². The SMILES string of the molecule is CN[C@H]1CC[C@@H](c2ccc(Cl)c(Cl)c2)c2ccccc21.[Cl-]. The van der Waals surface area contributed by atoms with Crippen LogP contribution in [0.3, 0.4) is 0 Å². The van der Waals surface area contributed by atoms with E-state index in [1.807, 2.05) is 19.2 Å². The van der Waals surface area contributed by atoms with Gasteiger partial charge in [0.05, 0.1) is 10.0 Å². The lowest BCUT2D eigenvalue weighted by atomic mass is 9.77. The van der Waals surface area contributed by atoms with E-state index in [4.69, 9.17) is 23.2 Å². The molecule has 21 heavy (non-hydrogen) atoms.